The van der Waals surface area contributed by atoms with Crippen LogP contribution in [0.5, 0.6) is 5.75 Å². The highest BCUT2D eigenvalue weighted by Gasteiger charge is 2.22. The van der Waals surface area contributed by atoms with E-state index in [1.165, 1.54) is 22.4 Å². The van der Waals surface area contributed by atoms with Crippen molar-refractivity contribution in [1.29, 1.82) is 0 Å². The van der Waals surface area contributed by atoms with Crippen LogP contribution in [0.3, 0.4) is 0 Å². The van der Waals surface area contributed by atoms with Gasteiger partial charge in [-0.3, -0.25) is 9.88 Å². The molecule has 0 aliphatic carbocycles. The van der Waals surface area contributed by atoms with E-state index in [2.05, 4.69) is 41.0 Å². The normalized spacial score (nSPS) is 15.8. The molecule has 3 heterocycles. The minimum atomic E-state index is 0.273. The summed E-state index contributed by atoms with van der Waals surface area (Å²) in [6.07, 6.45) is 9.77. The average molecular weight is 362 g/mol. The number of piperidine rings is 1. The molecule has 0 bridgehead atoms. The molecule has 2 aromatic heterocycles. The van der Waals surface area contributed by atoms with Gasteiger partial charge in [0, 0.05) is 38.2 Å². The van der Waals surface area contributed by atoms with Crippen LogP contribution in [-0.2, 0) is 6.54 Å². The van der Waals surface area contributed by atoms with Crippen molar-refractivity contribution in [2.75, 3.05) is 13.1 Å². The predicted molar refractivity (Wildman–Crippen MR) is 106 cm³/mol. The Morgan fingerprint density at radius 3 is 2.67 bits per heavy atom. The molecule has 0 atom stereocenters. The van der Waals surface area contributed by atoms with Gasteiger partial charge < -0.3 is 4.74 Å². The Morgan fingerprint density at radius 1 is 1.11 bits per heavy atom. The molecular formula is C22H26N4O. The maximum absolute atomic E-state index is 6.07. The number of pyridine rings is 1. The van der Waals surface area contributed by atoms with Crippen molar-refractivity contribution in [2.45, 2.75) is 39.3 Å². The summed E-state index contributed by atoms with van der Waals surface area (Å²) in [7, 11) is 0. The molecule has 4 rings (SSSR count). The Kier molecular flexibility index (Phi) is 5.21. The fraction of sp³-hybridized carbons (Fsp3) is 0.364. The number of rotatable bonds is 5. The van der Waals surface area contributed by atoms with Crippen LogP contribution in [0.15, 0.2) is 55.1 Å². The maximum Gasteiger partial charge on any atom is 0.137 e. The van der Waals surface area contributed by atoms with E-state index >= 15 is 0 Å². The van der Waals surface area contributed by atoms with Crippen molar-refractivity contribution in [3.63, 3.8) is 0 Å². The quantitative estimate of drug-likeness (QED) is 0.690. The van der Waals surface area contributed by atoms with E-state index in [0.717, 1.165) is 38.2 Å². The van der Waals surface area contributed by atoms with E-state index in [4.69, 9.17) is 4.74 Å². The lowest BCUT2D eigenvalue weighted by atomic mass is 10.0. The number of nitrogens with zero attached hydrogens (tertiary/aromatic N) is 4. The lowest BCUT2D eigenvalue weighted by Gasteiger charge is -2.33. The van der Waals surface area contributed by atoms with Crippen molar-refractivity contribution in [2.24, 2.45) is 0 Å². The standard InChI is InChI=1S/C22H26N4O/c1-17-13-18(2)21(22(14-17)26-10-4-9-24-26)16-25-11-6-19(7-12-25)27-20-5-3-8-23-15-20/h3-5,8-10,13-15,19H,6-7,11-12,16H2,1-2H3. The van der Waals surface area contributed by atoms with Gasteiger partial charge in [0.1, 0.15) is 11.9 Å². The molecule has 27 heavy (non-hydrogen) atoms. The number of aromatic nitrogens is 3. The van der Waals surface area contributed by atoms with E-state index in [1.54, 1.807) is 12.4 Å². The second-order valence-electron chi connectivity index (χ2n) is 7.31. The summed E-state index contributed by atoms with van der Waals surface area (Å²) >= 11 is 0. The van der Waals surface area contributed by atoms with Crippen LogP contribution in [0.25, 0.3) is 5.69 Å². The Hall–Kier alpha value is -2.66. The number of aryl methyl sites for hydroxylation is 2. The van der Waals surface area contributed by atoms with Gasteiger partial charge in [0.05, 0.1) is 11.9 Å². The third kappa shape index (κ3) is 4.19. The molecule has 1 fully saturated rings. The van der Waals surface area contributed by atoms with Crippen LogP contribution in [-0.4, -0.2) is 38.9 Å². The van der Waals surface area contributed by atoms with Gasteiger partial charge in [0.25, 0.3) is 0 Å². The van der Waals surface area contributed by atoms with Gasteiger partial charge in [0.15, 0.2) is 0 Å². The van der Waals surface area contributed by atoms with E-state index in [1.807, 2.05) is 35.3 Å². The molecule has 0 amide bonds. The predicted octanol–water partition coefficient (Wildman–Crippen LogP) is 3.93. The van der Waals surface area contributed by atoms with E-state index < -0.39 is 0 Å². The highest BCUT2D eigenvalue weighted by Crippen LogP contribution is 2.25. The molecule has 0 radical (unpaired) electrons. The van der Waals surface area contributed by atoms with Gasteiger partial charge in [-0.2, -0.15) is 5.10 Å². The van der Waals surface area contributed by atoms with Crippen LogP contribution in [0.4, 0.5) is 0 Å². The fourth-order valence-corrected chi connectivity index (χ4v) is 3.81. The van der Waals surface area contributed by atoms with Crippen LogP contribution < -0.4 is 4.74 Å². The number of likely N-dealkylation sites (tertiary alicyclic amines) is 1. The summed E-state index contributed by atoms with van der Waals surface area (Å²) in [5.41, 5.74) is 5.14. The van der Waals surface area contributed by atoms with Gasteiger partial charge >= 0.3 is 0 Å². The molecule has 0 spiro atoms. The summed E-state index contributed by atoms with van der Waals surface area (Å²) in [5, 5.41) is 4.45. The first-order valence-electron chi connectivity index (χ1n) is 9.58. The molecule has 3 aromatic rings. The number of benzene rings is 1. The number of hydrogen-bond acceptors (Lipinski definition) is 4. The second-order valence-corrected chi connectivity index (χ2v) is 7.31. The van der Waals surface area contributed by atoms with Crippen molar-refractivity contribution in [3.8, 4) is 11.4 Å². The highest BCUT2D eigenvalue weighted by molar-refractivity contribution is 5.48. The SMILES string of the molecule is Cc1cc(C)c(CN2CCC(Oc3cccnc3)CC2)c(-n2cccn2)c1. The Bertz CT molecular complexity index is 869. The topological polar surface area (TPSA) is 43.2 Å². The first-order valence-corrected chi connectivity index (χ1v) is 9.58. The summed E-state index contributed by atoms with van der Waals surface area (Å²) < 4.78 is 8.05. The average Bonchev–Trinajstić information content (AvgIpc) is 3.20. The molecule has 1 saturated heterocycles. The van der Waals surface area contributed by atoms with Crippen LogP contribution >= 0.6 is 0 Å². The molecule has 0 N–H and O–H groups in total. The van der Waals surface area contributed by atoms with Crippen LogP contribution in [0, 0.1) is 13.8 Å². The molecule has 140 valence electrons. The van der Waals surface area contributed by atoms with E-state index in [-0.39, 0.29) is 6.10 Å². The lowest BCUT2D eigenvalue weighted by molar-refractivity contribution is 0.0964. The number of ether oxygens (including phenoxy) is 1. The third-order valence-electron chi connectivity index (χ3n) is 5.20. The summed E-state index contributed by atoms with van der Waals surface area (Å²) in [5.74, 6) is 0.867. The first-order chi connectivity index (χ1) is 13.2. The molecule has 1 aromatic carbocycles. The van der Waals surface area contributed by atoms with Crippen LogP contribution in [0.2, 0.25) is 0 Å². The first kappa shape index (κ1) is 17.7. The minimum absolute atomic E-state index is 0.273. The summed E-state index contributed by atoms with van der Waals surface area (Å²) in [6.45, 7) is 7.37. The zero-order chi connectivity index (χ0) is 18.6. The third-order valence-corrected chi connectivity index (χ3v) is 5.20. The molecular weight excluding hydrogens is 336 g/mol. The van der Waals surface area contributed by atoms with Gasteiger partial charge in [-0.05, 0) is 67.6 Å². The zero-order valence-electron chi connectivity index (χ0n) is 16.0. The van der Waals surface area contributed by atoms with Gasteiger partial charge in [-0.1, -0.05) is 6.07 Å². The van der Waals surface area contributed by atoms with Crippen molar-refractivity contribution >= 4 is 0 Å². The largest absolute Gasteiger partial charge is 0.489 e. The van der Waals surface area contributed by atoms with Crippen molar-refractivity contribution < 1.29 is 4.74 Å². The fourth-order valence-electron chi connectivity index (χ4n) is 3.81. The maximum atomic E-state index is 6.07. The highest BCUT2D eigenvalue weighted by atomic mass is 16.5. The second kappa shape index (κ2) is 7.92. The van der Waals surface area contributed by atoms with E-state index in [9.17, 15) is 0 Å². The molecule has 5 heteroatoms. The molecule has 1 aliphatic rings. The van der Waals surface area contributed by atoms with Crippen molar-refractivity contribution in [1.82, 2.24) is 19.7 Å². The Morgan fingerprint density at radius 2 is 1.96 bits per heavy atom. The molecule has 0 saturated carbocycles. The Balaban J connectivity index is 1.43. The monoisotopic (exact) mass is 362 g/mol. The zero-order valence-corrected chi connectivity index (χ0v) is 16.0. The molecule has 5 nitrogen and oxygen atoms in total. The molecule has 1 aliphatic heterocycles. The van der Waals surface area contributed by atoms with Gasteiger partial charge in [0.2, 0.25) is 0 Å². The van der Waals surface area contributed by atoms with Crippen molar-refractivity contribution in [3.05, 3.63) is 71.8 Å². The molecule has 0 unspecified atom stereocenters. The summed E-state index contributed by atoms with van der Waals surface area (Å²) in [4.78, 5) is 6.65. The smallest absolute Gasteiger partial charge is 0.137 e. The Labute approximate surface area is 160 Å². The number of hydrogen-bond donors (Lipinski definition) is 0. The lowest BCUT2D eigenvalue weighted by Crippen LogP contribution is -2.38. The minimum Gasteiger partial charge on any atom is -0.489 e. The van der Waals surface area contributed by atoms with E-state index in [0.29, 0.717) is 0 Å². The summed E-state index contributed by atoms with van der Waals surface area (Å²) in [6, 6.07) is 10.4. The van der Waals surface area contributed by atoms with Crippen LogP contribution in [0.1, 0.15) is 29.5 Å². The van der Waals surface area contributed by atoms with Gasteiger partial charge in [-0.15, -0.1) is 0 Å². The van der Waals surface area contributed by atoms with Gasteiger partial charge in [-0.25, -0.2) is 4.68 Å².